The Morgan fingerprint density at radius 1 is 0.818 bits per heavy atom. The van der Waals surface area contributed by atoms with Gasteiger partial charge in [0, 0.05) is 27.4 Å². The second kappa shape index (κ2) is 11.7. The Kier molecular flexibility index (Phi) is 7.93. The first-order valence-electron chi connectivity index (χ1n) is 13.6. The molecule has 13 heteroatoms. The second-order valence-electron chi connectivity index (χ2n) is 10.8. The molecule has 6 unspecified atom stereocenters. The van der Waals surface area contributed by atoms with Crippen LogP contribution in [0.5, 0.6) is 5.75 Å². The highest BCUT2D eigenvalue weighted by atomic mass is 79.9. The number of fused-ring (bicyclic) bond motifs is 5. The van der Waals surface area contributed by atoms with Gasteiger partial charge in [0.15, 0.2) is 12.4 Å². The summed E-state index contributed by atoms with van der Waals surface area (Å²) in [6.07, 6.45) is 0.808. The summed E-state index contributed by atoms with van der Waals surface area (Å²) in [4.78, 5) is 76.1. The number of carbonyl (C=O) groups excluding carboxylic acids is 5. The lowest BCUT2D eigenvalue weighted by Gasteiger charge is -2.28. The van der Waals surface area contributed by atoms with E-state index in [0.717, 1.165) is 11.3 Å². The third-order valence-electron chi connectivity index (χ3n) is 8.36. The molecule has 3 aromatic carbocycles. The predicted octanol–water partition coefficient (Wildman–Crippen LogP) is 5.14. The number of Topliss-reactive ketones (excluding diaryl/α,β-unsaturated/α-hetero) is 1. The maximum absolute atomic E-state index is 13.3. The number of hydrogen-bond acceptors (Lipinski definition) is 9. The molecule has 1 heterocycles. The number of anilines is 1. The highest BCUT2D eigenvalue weighted by molar-refractivity contribution is 9.12. The number of esters is 2. The first-order valence-corrected chi connectivity index (χ1v) is 15.4. The van der Waals surface area contributed by atoms with Crippen LogP contribution in [0.3, 0.4) is 0 Å². The van der Waals surface area contributed by atoms with Gasteiger partial charge in [0.25, 0.3) is 5.69 Å². The van der Waals surface area contributed by atoms with Crippen molar-refractivity contribution in [2.24, 2.45) is 23.7 Å². The SMILES string of the molecule is O=C(COC(=O)c1cccc(N2C(=O)C3C4CC(C(Br)C4Br)C3C2=O)c1)c1ccc(OC(=O)c2ccc([N+](=O)[O-])cc2)cc1. The Morgan fingerprint density at radius 2 is 1.41 bits per heavy atom. The van der Waals surface area contributed by atoms with Crippen LogP contribution in [0.25, 0.3) is 0 Å². The number of ketones is 1. The smallest absolute Gasteiger partial charge is 0.343 e. The number of ether oxygens (including phenoxy) is 2. The molecule has 1 saturated heterocycles. The molecule has 0 N–H and O–H groups in total. The highest BCUT2D eigenvalue weighted by Crippen LogP contribution is 2.60. The molecule has 0 spiro atoms. The second-order valence-corrected chi connectivity index (χ2v) is 12.9. The van der Waals surface area contributed by atoms with Crippen LogP contribution in [0, 0.1) is 33.8 Å². The summed E-state index contributed by atoms with van der Waals surface area (Å²) in [6, 6.07) is 16.5. The van der Waals surface area contributed by atoms with Crippen molar-refractivity contribution in [3.05, 3.63) is 99.6 Å². The fraction of sp³-hybridized carbons (Fsp3) is 0.258. The Labute approximate surface area is 266 Å². The third-order valence-corrected chi connectivity index (χ3v) is 11.6. The maximum atomic E-state index is 13.3. The van der Waals surface area contributed by atoms with E-state index >= 15 is 0 Å². The van der Waals surface area contributed by atoms with Crippen molar-refractivity contribution in [1.82, 2.24) is 0 Å². The number of halogens is 2. The lowest BCUT2D eigenvalue weighted by atomic mass is 9.81. The molecule has 1 aliphatic heterocycles. The lowest BCUT2D eigenvalue weighted by Crippen LogP contribution is -2.37. The van der Waals surface area contributed by atoms with Crippen molar-refractivity contribution in [3.8, 4) is 5.75 Å². The molecule has 0 aromatic heterocycles. The normalized spacial score (nSPS) is 25.1. The summed E-state index contributed by atoms with van der Waals surface area (Å²) in [5, 5.41) is 10.8. The summed E-state index contributed by atoms with van der Waals surface area (Å²) >= 11 is 7.34. The Hall–Kier alpha value is -4.23. The van der Waals surface area contributed by atoms with E-state index < -0.39 is 41.1 Å². The standard InChI is InChI=1S/C31H22Br2N2O9/c32-26-21-13-22(27(26)33)25-24(21)28(37)34(29(25)38)19-3-1-2-17(12-19)30(39)43-14-23(36)15-6-10-20(11-7-15)44-31(40)16-4-8-18(9-5-16)35(41)42/h1-12,21-22,24-27H,13-14H2. The van der Waals surface area contributed by atoms with Gasteiger partial charge in [-0.25, -0.2) is 9.59 Å². The maximum Gasteiger partial charge on any atom is 0.343 e. The van der Waals surface area contributed by atoms with Gasteiger partial charge in [-0.3, -0.25) is 29.4 Å². The summed E-state index contributed by atoms with van der Waals surface area (Å²) < 4.78 is 10.5. The Balaban J connectivity index is 1.06. The topological polar surface area (TPSA) is 150 Å². The Bertz CT molecular complexity index is 1680. The third kappa shape index (κ3) is 5.23. The summed E-state index contributed by atoms with van der Waals surface area (Å²) in [6.45, 7) is -0.570. The fourth-order valence-electron chi connectivity index (χ4n) is 6.27. The molecule has 2 bridgehead atoms. The summed E-state index contributed by atoms with van der Waals surface area (Å²) in [5.74, 6) is -3.09. The summed E-state index contributed by atoms with van der Waals surface area (Å²) in [7, 11) is 0. The van der Waals surface area contributed by atoms with E-state index in [4.69, 9.17) is 9.47 Å². The minimum absolute atomic E-state index is 0.0613. The fourth-order valence-corrected chi connectivity index (χ4v) is 8.14. The van der Waals surface area contributed by atoms with E-state index in [0.29, 0.717) is 0 Å². The average molecular weight is 726 g/mol. The number of carbonyl (C=O) groups is 5. The molecule has 2 aliphatic carbocycles. The molecule has 2 amide bonds. The number of nitro benzene ring substituents is 1. The number of rotatable bonds is 8. The number of amides is 2. The molecule has 44 heavy (non-hydrogen) atoms. The van der Waals surface area contributed by atoms with Crippen molar-refractivity contribution in [2.45, 2.75) is 16.1 Å². The van der Waals surface area contributed by atoms with Crippen LogP contribution >= 0.6 is 31.9 Å². The van der Waals surface area contributed by atoms with Crippen molar-refractivity contribution >= 4 is 72.8 Å². The van der Waals surface area contributed by atoms with E-state index in [9.17, 15) is 34.1 Å². The average Bonchev–Trinajstić information content (AvgIpc) is 3.64. The van der Waals surface area contributed by atoms with Crippen molar-refractivity contribution < 1.29 is 38.4 Å². The molecule has 3 fully saturated rings. The van der Waals surface area contributed by atoms with Crippen LogP contribution < -0.4 is 9.64 Å². The van der Waals surface area contributed by atoms with Gasteiger partial charge in [-0.1, -0.05) is 37.9 Å². The number of benzene rings is 3. The minimum atomic E-state index is -0.797. The lowest BCUT2D eigenvalue weighted by molar-refractivity contribution is -0.384. The number of hydrogen-bond donors (Lipinski definition) is 0. The van der Waals surface area contributed by atoms with Gasteiger partial charge in [-0.05, 0) is 72.9 Å². The predicted molar refractivity (Wildman–Crippen MR) is 162 cm³/mol. The van der Waals surface area contributed by atoms with Gasteiger partial charge in [0.1, 0.15) is 5.75 Å². The van der Waals surface area contributed by atoms with Crippen LogP contribution in [-0.2, 0) is 14.3 Å². The van der Waals surface area contributed by atoms with Gasteiger partial charge < -0.3 is 9.47 Å². The molecule has 3 aliphatic rings. The van der Waals surface area contributed by atoms with Gasteiger partial charge in [-0.15, -0.1) is 0 Å². The molecule has 224 valence electrons. The van der Waals surface area contributed by atoms with Crippen LogP contribution in [0.2, 0.25) is 0 Å². The molecule has 6 rings (SSSR count). The van der Waals surface area contributed by atoms with E-state index in [1.54, 1.807) is 12.1 Å². The molecule has 11 nitrogen and oxygen atoms in total. The quantitative estimate of drug-likeness (QED) is 0.0585. The number of non-ortho nitro benzene ring substituents is 1. The summed E-state index contributed by atoms with van der Waals surface area (Å²) in [5.41, 5.74) is 0.517. The van der Waals surface area contributed by atoms with Gasteiger partial charge in [0.05, 0.1) is 33.6 Å². The van der Waals surface area contributed by atoms with E-state index in [2.05, 4.69) is 31.9 Å². The largest absolute Gasteiger partial charge is 0.454 e. The van der Waals surface area contributed by atoms with Crippen molar-refractivity contribution in [3.63, 3.8) is 0 Å². The zero-order valence-corrected chi connectivity index (χ0v) is 25.8. The number of imide groups is 1. The van der Waals surface area contributed by atoms with Crippen LogP contribution in [-0.4, -0.2) is 50.7 Å². The van der Waals surface area contributed by atoms with Gasteiger partial charge in [-0.2, -0.15) is 0 Å². The van der Waals surface area contributed by atoms with E-state index in [1.807, 2.05) is 0 Å². The molecule has 6 atom stereocenters. The molecule has 0 radical (unpaired) electrons. The molecule has 2 saturated carbocycles. The number of nitro groups is 1. The molecular formula is C31H22Br2N2O9. The first kappa shape index (κ1) is 29.8. The van der Waals surface area contributed by atoms with Crippen LogP contribution in [0.1, 0.15) is 37.5 Å². The van der Waals surface area contributed by atoms with E-state index in [-0.39, 0.29) is 67.1 Å². The van der Waals surface area contributed by atoms with Crippen molar-refractivity contribution in [1.29, 1.82) is 0 Å². The first-order chi connectivity index (χ1) is 21.0. The van der Waals surface area contributed by atoms with E-state index in [1.165, 1.54) is 60.7 Å². The zero-order valence-electron chi connectivity index (χ0n) is 22.6. The zero-order chi connectivity index (χ0) is 31.3. The highest BCUT2D eigenvalue weighted by Gasteiger charge is 2.66. The van der Waals surface area contributed by atoms with Gasteiger partial charge >= 0.3 is 11.9 Å². The van der Waals surface area contributed by atoms with Crippen LogP contribution in [0.4, 0.5) is 11.4 Å². The monoisotopic (exact) mass is 724 g/mol. The van der Waals surface area contributed by atoms with Crippen LogP contribution in [0.15, 0.2) is 72.8 Å². The molecule has 3 aromatic rings. The van der Waals surface area contributed by atoms with Gasteiger partial charge in [0.2, 0.25) is 11.8 Å². The Morgan fingerprint density at radius 3 is 2.00 bits per heavy atom. The number of alkyl halides is 2. The molecular weight excluding hydrogens is 704 g/mol. The van der Waals surface area contributed by atoms with Crippen molar-refractivity contribution in [2.75, 3.05) is 11.5 Å². The number of nitrogens with zero attached hydrogens (tertiary/aromatic N) is 2. The minimum Gasteiger partial charge on any atom is -0.454 e.